The van der Waals surface area contributed by atoms with E-state index in [1.807, 2.05) is 6.92 Å². The van der Waals surface area contributed by atoms with Crippen molar-refractivity contribution >= 4 is 17.7 Å². The highest BCUT2D eigenvalue weighted by Gasteiger charge is 2.14. The molecule has 0 radical (unpaired) electrons. The molecule has 0 bridgehead atoms. The molecule has 0 aliphatic heterocycles. The van der Waals surface area contributed by atoms with Crippen LogP contribution in [0.25, 0.3) is 0 Å². The zero-order valence-corrected chi connectivity index (χ0v) is 9.58. The van der Waals surface area contributed by atoms with Gasteiger partial charge in [0.1, 0.15) is 12.2 Å². The summed E-state index contributed by atoms with van der Waals surface area (Å²) in [5.41, 5.74) is 0.248. The van der Waals surface area contributed by atoms with E-state index in [0.29, 0.717) is 6.42 Å². The summed E-state index contributed by atoms with van der Waals surface area (Å²) in [5, 5.41) is 0. The summed E-state index contributed by atoms with van der Waals surface area (Å²) in [4.78, 5) is 40.9. The second-order valence-electron chi connectivity index (χ2n) is 3.41. The van der Waals surface area contributed by atoms with E-state index in [9.17, 15) is 14.4 Å². The van der Waals surface area contributed by atoms with E-state index in [4.69, 9.17) is 0 Å². The van der Waals surface area contributed by atoms with Gasteiger partial charge in [-0.05, 0) is 19.8 Å². The second kappa shape index (κ2) is 7.62. The van der Waals surface area contributed by atoms with Gasteiger partial charge in [0.15, 0.2) is 0 Å². The monoisotopic (exact) mass is 228 g/mol. The Balaban J connectivity index is 3.84. The molecule has 0 heterocycles. The van der Waals surface area contributed by atoms with Crippen molar-refractivity contribution in [2.45, 2.75) is 39.5 Å². The maximum absolute atomic E-state index is 11.2. The number of Topliss-reactive ketones (excluding diaryl/α,β-unsaturated/α-hetero) is 1. The van der Waals surface area contributed by atoms with E-state index in [1.54, 1.807) is 0 Å². The smallest absolute Gasteiger partial charge is 0.299 e. The van der Waals surface area contributed by atoms with Crippen LogP contribution in [-0.2, 0) is 24.2 Å². The molecule has 16 heavy (non-hydrogen) atoms. The molecule has 0 aliphatic rings. The molecule has 0 fully saturated rings. The lowest BCUT2D eigenvalue weighted by atomic mass is 10.1. The maximum Gasteiger partial charge on any atom is 0.381 e. The van der Waals surface area contributed by atoms with E-state index in [1.165, 1.54) is 6.92 Å². The molecule has 0 aromatic heterocycles. The van der Waals surface area contributed by atoms with Gasteiger partial charge in [-0.15, -0.1) is 0 Å². The van der Waals surface area contributed by atoms with E-state index < -0.39 is 18.4 Å². The van der Waals surface area contributed by atoms with Crippen LogP contribution in [0, 0.1) is 0 Å². The Bertz CT molecular complexity index is 293. The number of hydrogen-bond donors (Lipinski definition) is 0. The lowest BCUT2D eigenvalue weighted by Crippen LogP contribution is -2.14. The van der Waals surface area contributed by atoms with Gasteiger partial charge in [-0.2, -0.15) is 0 Å². The molecule has 0 N–H and O–H groups in total. The number of ketones is 1. The first kappa shape index (κ1) is 14.3. The first-order valence-electron chi connectivity index (χ1n) is 5.06. The van der Waals surface area contributed by atoms with Crippen LogP contribution in [0.3, 0.4) is 0 Å². The van der Waals surface area contributed by atoms with Gasteiger partial charge in [-0.25, -0.2) is 19.4 Å². The minimum atomic E-state index is -0.885. The SMILES string of the molecule is C=C(CCCC)C(=O)OOC(=O)CC(C)=O. The third-order valence-corrected chi connectivity index (χ3v) is 1.72. The van der Waals surface area contributed by atoms with Crippen LogP contribution in [0.4, 0.5) is 0 Å². The van der Waals surface area contributed by atoms with Crippen LogP contribution in [0.2, 0.25) is 0 Å². The first-order chi connectivity index (χ1) is 7.47. The van der Waals surface area contributed by atoms with Crippen LogP contribution < -0.4 is 0 Å². The average Bonchev–Trinajstić information content (AvgIpc) is 2.21. The second-order valence-corrected chi connectivity index (χ2v) is 3.41. The number of carbonyl (C=O) groups is 3. The van der Waals surface area contributed by atoms with Gasteiger partial charge >= 0.3 is 11.9 Å². The number of hydrogen-bond acceptors (Lipinski definition) is 5. The van der Waals surface area contributed by atoms with E-state index in [0.717, 1.165) is 12.8 Å². The van der Waals surface area contributed by atoms with Crippen LogP contribution >= 0.6 is 0 Å². The fraction of sp³-hybridized carbons (Fsp3) is 0.545. The van der Waals surface area contributed by atoms with Gasteiger partial charge < -0.3 is 0 Å². The lowest BCUT2D eigenvalue weighted by Gasteiger charge is -2.03. The maximum atomic E-state index is 11.2. The van der Waals surface area contributed by atoms with Crippen molar-refractivity contribution in [1.82, 2.24) is 0 Å². The summed E-state index contributed by atoms with van der Waals surface area (Å²) in [6.45, 7) is 6.72. The van der Waals surface area contributed by atoms with Crippen LogP contribution in [0.15, 0.2) is 12.2 Å². The highest BCUT2D eigenvalue weighted by Crippen LogP contribution is 2.07. The molecule has 0 rings (SSSR count). The standard InChI is InChI=1S/C11H16O5/c1-4-5-6-8(2)11(14)16-15-10(13)7-9(3)12/h2,4-7H2,1,3H3. The minimum Gasteiger partial charge on any atom is -0.299 e. The van der Waals surface area contributed by atoms with Crippen molar-refractivity contribution in [1.29, 1.82) is 0 Å². The van der Waals surface area contributed by atoms with Crippen molar-refractivity contribution in [3.8, 4) is 0 Å². The Morgan fingerprint density at radius 3 is 2.31 bits per heavy atom. The Hall–Kier alpha value is -1.65. The molecule has 0 spiro atoms. The largest absolute Gasteiger partial charge is 0.381 e. The molecule has 0 aromatic carbocycles. The Morgan fingerprint density at radius 1 is 1.19 bits per heavy atom. The van der Waals surface area contributed by atoms with Gasteiger partial charge in [0.05, 0.1) is 0 Å². The summed E-state index contributed by atoms with van der Waals surface area (Å²) in [6, 6.07) is 0. The van der Waals surface area contributed by atoms with Crippen LogP contribution in [0.1, 0.15) is 39.5 Å². The average molecular weight is 228 g/mol. The third kappa shape index (κ3) is 6.75. The fourth-order valence-corrected chi connectivity index (χ4v) is 0.868. The normalized spacial score (nSPS) is 9.38. The third-order valence-electron chi connectivity index (χ3n) is 1.72. The number of rotatable bonds is 6. The molecule has 0 amide bonds. The van der Waals surface area contributed by atoms with E-state index in [-0.39, 0.29) is 11.4 Å². The summed E-state index contributed by atoms with van der Waals surface area (Å²) < 4.78 is 0. The Labute approximate surface area is 94.3 Å². The molecular formula is C11H16O5. The van der Waals surface area contributed by atoms with Crippen molar-refractivity contribution in [2.24, 2.45) is 0 Å². The predicted molar refractivity (Wildman–Crippen MR) is 56.1 cm³/mol. The molecule has 0 atom stereocenters. The fourth-order valence-electron chi connectivity index (χ4n) is 0.868. The molecule has 5 nitrogen and oxygen atoms in total. The van der Waals surface area contributed by atoms with Crippen LogP contribution in [-0.4, -0.2) is 17.7 Å². The topological polar surface area (TPSA) is 69.7 Å². The molecular weight excluding hydrogens is 212 g/mol. The summed E-state index contributed by atoms with van der Waals surface area (Å²) in [5.74, 6) is -2.01. The van der Waals surface area contributed by atoms with E-state index >= 15 is 0 Å². The van der Waals surface area contributed by atoms with Crippen molar-refractivity contribution in [3.63, 3.8) is 0 Å². The molecule has 0 saturated heterocycles. The molecule has 0 aromatic rings. The quantitative estimate of drug-likeness (QED) is 0.299. The van der Waals surface area contributed by atoms with Crippen molar-refractivity contribution in [2.75, 3.05) is 0 Å². The summed E-state index contributed by atoms with van der Waals surface area (Å²) in [7, 11) is 0. The van der Waals surface area contributed by atoms with Crippen molar-refractivity contribution < 1.29 is 24.2 Å². The summed E-state index contributed by atoms with van der Waals surface area (Å²) >= 11 is 0. The summed E-state index contributed by atoms with van der Waals surface area (Å²) in [6.07, 6.45) is 1.83. The molecule has 5 heteroatoms. The van der Waals surface area contributed by atoms with Gasteiger partial charge in [-0.1, -0.05) is 19.9 Å². The highest BCUT2D eigenvalue weighted by molar-refractivity contribution is 5.94. The first-order valence-corrected chi connectivity index (χ1v) is 5.06. The predicted octanol–water partition coefficient (Wildman–Crippen LogP) is 1.71. The van der Waals surface area contributed by atoms with Gasteiger partial charge in [0, 0.05) is 5.57 Å². The zero-order chi connectivity index (χ0) is 12.6. The molecule has 0 unspecified atom stereocenters. The number of unbranched alkanes of at least 4 members (excludes halogenated alkanes) is 1. The van der Waals surface area contributed by atoms with Crippen molar-refractivity contribution in [3.05, 3.63) is 12.2 Å². The minimum absolute atomic E-state index is 0.248. The van der Waals surface area contributed by atoms with Crippen LogP contribution in [0.5, 0.6) is 0 Å². The zero-order valence-electron chi connectivity index (χ0n) is 9.58. The van der Waals surface area contributed by atoms with E-state index in [2.05, 4.69) is 16.4 Å². The molecule has 90 valence electrons. The van der Waals surface area contributed by atoms with Gasteiger partial charge in [0.25, 0.3) is 0 Å². The lowest BCUT2D eigenvalue weighted by molar-refractivity contribution is -0.255. The highest BCUT2D eigenvalue weighted by atomic mass is 17.2. The van der Waals surface area contributed by atoms with Gasteiger partial charge in [-0.3, -0.25) is 4.79 Å². The Morgan fingerprint density at radius 2 is 1.81 bits per heavy atom. The Kier molecular flexibility index (Phi) is 6.83. The molecule has 0 saturated carbocycles. The molecule has 0 aliphatic carbocycles. The number of carbonyl (C=O) groups excluding carboxylic acids is 3. The van der Waals surface area contributed by atoms with Gasteiger partial charge in [0.2, 0.25) is 0 Å².